The minimum absolute atomic E-state index is 0.0273. The average Bonchev–Trinajstić information content (AvgIpc) is 2.68. The van der Waals surface area contributed by atoms with Crippen LogP contribution in [0.1, 0.15) is 36.2 Å². The minimum Gasteiger partial charge on any atom is -0.339 e. The van der Waals surface area contributed by atoms with E-state index in [1.807, 2.05) is 19.9 Å². The molecule has 2 aromatic rings. The molecule has 1 aliphatic rings. The number of amides is 1. The Balaban J connectivity index is 1.97. The van der Waals surface area contributed by atoms with E-state index >= 15 is 0 Å². The Morgan fingerprint density at radius 3 is 2.41 bits per heavy atom. The van der Waals surface area contributed by atoms with Crippen LogP contribution in [0.5, 0.6) is 0 Å². The summed E-state index contributed by atoms with van der Waals surface area (Å²) in [5.74, 6) is -0.0273. The molecule has 2 aromatic carbocycles. The van der Waals surface area contributed by atoms with Crippen LogP contribution in [0.15, 0.2) is 47.4 Å². The molecule has 0 unspecified atom stereocenters. The van der Waals surface area contributed by atoms with Crippen LogP contribution in [0.25, 0.3) is 0 Å². The summed E-state index contributed by atoms with van der Waals surface area (Å²) in [6.07, 6.45) is 1.46. The summed E-state index contributed by atoms with van der Waals surface area (Å²) in [5, 5.41) is 0.493. The van der Waals surface area contributed by atoms with Crippen LogP contribution in [0.4, 0.5) is 5.69 Å². The Morgan fingerprint density at radius 2 is 1.78 bits per heavy atom. The summed E-state index contributed by atoms with van der Waals surface area (Å²) < 4.78 is 27.6. The molecule has 0 spiro atoms. The number of anilines is 1. The van der Waals surface area contributed by atoms with E-state index in [9.17, 15) is 13.2 Å². The van der Waals surface area contributed by atoms with Crippen LogP contribution in [-0.4, -0.2) is 38.9 Å². The fraction of sp³-hybridized carbons (Fsp3) is 0.350. The lowest BCUT2D eigenvalue weighted by atomic mass is 10.0. The summed E-state index contributed by atoms with van der Waals surface area (Å²) in [4.78, 5) is 14.6. The highest BCUT2D eigenvalue weighted by molar-refractivity contribution is 7.92. The summed E-state index contributed by atoms with van der Waals surface area (Å²) in [5.41, 5.74) is 2.13. The van der Waals surface area contributed by atoms with Crippen LogP contribution in [0.2, 0.25) is 5.02 Å². The van der Waals surface area contributed by atoms with Gasteiger partial charge in [0.05, 0.1) is 10.6 Å². The number of carbonyl (C=O) groups is 1. The zero-order valence-electron chi connectivity index (χ0n) is 15.5. The lowest BCUT2D eigenvalue weighted by Gasteiger charge is -2.31. The molecular formula is C20H23ClN2O3S. The van der Waals surface area contributed by atoms with Crippen molar-refractivity contribution >= 4 is 33.2 Å². The Labute approximate surface area is 165 Å². The Kier molecular flexibility index (Phi) is 5.77. The monoisotopic (exact) mass is 406 g/mol. The molecule has 0 saturated carbocycles. The van der Waals surface area contributed by atoms with Crippen LogP contribution in [-0.2, 0) is 16.4 Å². The van der Waals surface area contributed by atoms with Crippen molar-refractivity contribution in [3.63, 3.8) is 0 Å². The van der Waals surface area contributed by atoms with E-state index < -0.39 is 10.0 Å². The molecule has 0 fully saturated rings. The first-order valence-corrected chi connectivity index (χ1v) is 10.9. The van der Waals surface area contributed by atoms with E-state index in [1.54, 1.807) is 29.2 Å². The maximum atomic E-state index is 13.1. The van der Waals surface area contributed by atoms with Crippen LogP contribution in [0.3, 0.4) is 0 Å². The Hall–Kier alpha value is -2.05. The molecule has 0 bridgehead atoms. The van der Waals surface area contributed by atoms with Gasteiger partial charge in [-0.1, -0.05) is 11.6 Å². The number of aryl methyl sites for hydroxylation is 1. The molecule has 0 aromatic heterocycles. The standard InChI is InChI=1S/C20H23ClN2O3S/c1-3-22(4-2)20(24)16-7-12-19-15(14-16)6-5-13-23(19)27(25,26)18-10-8-17(21)9-11-18/h7-12,14H,3-6,13H2,1-2H3. The van der Waals surface area contributed by atoms with Crippen molar-refractivity contribution < 1.29 is 13.2 Å². The predicted molar refractivity (Wildman–Crippen MR) is 108 cm³/mol. The Bertz CT molecular complexity index is 938. The minimum atomic E-state index is -3.67. The van der Waals surface area contributed by atoms with Crippen LogP contribution in [0, 0.1) is 0 Å². The molecule has 5 nitrogen and oxygen atoms in total. The van der Waals surface area contributed by atoms with Gasteiger partial charge in [-0.05, 0) is 74.7 Å². The molecule has 0 N–H and O–H groups in total. The van der Waals surface area contributed by atoms with E-state index in [4.69, 9.17) is 11.6 Å². The van der Waals surface area contributed by atoms with Crippen molar-refractivity contribution in [1.29, 1.82) is 0 Å². The molecule has 27 heavy (non-hydrogen) atoms. The van der Waals surface area contributed by atoms with Crippen LogP contribution < -0.4 is 4.31 Å². The molecule has 1 heterocycles. The first-order valence-electron chi connectivity index (χ1n) is 9.09. The zero-order valence-corrected chi connectivity index (χ0v) is 17.1. The van der Waals surface area contributed by atoms with Gasteiger partial charge in [-0.2, -0.15) is 0 Å². The molecule has 0 radical (unpaired) electrons. The van der Waals surface area contributed by atoms with Gasteiger partial charge < -0.3 is 4.90 Å². The van der Waals surface area contributed by atoms with Gasteiger partial charge in [0, 0.05) is 30.2 Å². The number of nitrogens with zero attached hydrogens (tertiary/aromatic N) is 2. The van der Waals surface area contributed by atoms with Gasteiger partial charge in [0.15, 0.2) is 0 Å². The van der Waals surface area contributed by atoms with Crippen LogP contribution >= 0.6 is 11.6 Å². The predicted octanol–water partition coefficient (Wildman–Crippen LogP) is 3.96. The summed E-state index contributed by atoms with van der Waals surface area (Å²) >= 11 is 5.88. The zero-order chi connectivity index (χ0) is 19.6. The number of fused-ring (bicyclic) bond motifs is 1. The Morgan fingerprint density at radius 1 is 1.11 bits per heavy atom. The second kappa shape index (κ2) is 7.90. The number of rotatable bonds is 5. The number of carbonyl (C=O) groups excluding carboxylic acids is 1. The number of halogens is 1. The highest BCUT2D eigenvalue weighted by atomic mass is 35.5. The first-order chi connectivity index (χ1) is 12.9. The highest BCUT2D eigenvalue weighted by Crippen LogP contribution is 2.33. The van der Waals surface area contributed by atoms with E-state index in [0.29, 0.717) is 42.3 Å². The van der Waals surface area contributed by atoms with Crippen molar-refractivity contribution in [2.75, 3.05) is 23.9 Å². The lowest BCUT2D eigenvalue weighted by molar-refractivity contribution is 0.0773. The fourth-order valence-corrected chi connectivity index (χ4v) is 5.04. The van der Waals surface area contributed by atoms with E-state index in [2.05, 4.69) is 0 Å². The summed E-state index contributed by atoms with van der Waals surface area (Å²) in [6.45, 7) is 5.59. The van der Waals surface area contributed by atoms with Gasteiger partial charge in [-0.15, -0.1) is 0 Å². The third kappa shape index (κ3) is 3.82. The van der Waals surface area contributed by atoms with Gasteiger partial charge in [0.2, 0.25) is 0 Å². The molecule has 0 aliphatic carbocycles. The molecule has 144 valence electrons. The van der Waals surface area contributed by atoms with Crippen molar-refractivity contribution in [3.8, 4) is 0 Å². The van der Waals surface area contributed by atoms with E-state index in [0.717, 1.165) is 12.0 Å². The number of hydrogen-bond donors (Lipinski definition) is 0. The smallest absolute Gasteiger partial charge is 0.264 e. The van der Waals surface area contributed by atoms with Crippen molar-refractivity contribution in [2.24, 2.45) is 0 Å². The van der Waals surface area contributed by atoms with Gasteiger partial charge in [-0.3, -0.25) is 9.10 Å². The summed E-state index contributed by atoms with van der Waals surface area (Å²) in [7, 11) is -3.67. The van der Waals surface area contributed by atoms with Gasteiger partial charge >= 0.3 is 0 Å². The number of sulfonamides is 1. The third-order valence-electron chi connectivity index (χ3n) is 4.85. The topological polar surface area (TPSA) is 57.7 Å². The molecule has 3 rings (SSSR count). The molecule has 1 aliphatic heterocycles. The maximum absolute atomic E-state index is 13.1. The van der Waals surface area contributed by atoms with Gasteiger partial charge in [0.1, 0.15) is 0 Å². The maximum Gasteiger partial charge on any atom is 0.264 e. The fourth-order valence-electron chi connectivity index (χ4n) is 3.37. The second-order valence-electron chi connectivity index (χ2n) is 6.46. The molecule has 7 heteroatoms. The largest absolute Gasteiger partial charge is 0.339 e. The number of benzene rings is 2. The molecule has 1 amide bonds. The van der Waals surface area contributed by atoms with Gasteiger partial charge in [0.25, 0.3) is 15.9 Å². The first kappa shape index (κ1) is 19.7. The quantitative estimate of drug-likeness (QED) is 0.755. The second-order valence-corrected chi connectivity index (χ2v) is 8.75. The van der Waals surface area contributed by atoms with Gasteiger partial charge in [-0.25, -0.2) is 8.42 Å². The van der Waals surface area contributed by atoms with Crippen molar-refractivity contribution in [3.05, 3.63) is 58.6 Å². The van der Waals surface area contributed by atoms with E-state index in [1.165, 1.54) is 16.4 Å². The lowest BCUT2D eigenvalue weighted by Crippen LogP contribution is -2.36. The number of hydrogen-bond acceptors (Lipinski definition) is 3. The third-order valence-corrected chi connectivity index (χ3v) is 6.93. The SMILES string of the molecule is CCN(CC)C(=O)c1ccc2c(c1)CCCN2S(=O)(=O)c1ccc(Cl)cc1. The van der Waals surface area contributed by atoms with Crippen molar-refractivity contribution in [2.45, 2.75) is 31.6 Å². The molecular weight excluding hydrogens is 384 g/mol. The highest BCUT2D eigenvalue weighted by Gasteiger charge is 2.29. The summed E-state index contributed by atoms with van der Waals surface area (Å²) in [6, 6.07) is 11.5. The molecule has 0 saturated heterocycles. The van der Waals surface area contributed by atoms with Crippen molar-refractivity contribution in [1.82, 2.24) is 4.90 Å². The van der Waals surface area contributed by atoms with E-state index in [-0.39, 0.29) is 10.8 Å². The molecule has 0 atom stereocenters. The normalized spacial score (nSPS) is 14.0. The average molecular weight is 407 g/mol.